The lowest BCUT2D eigenvalue weighted by molar-refractivity contribution is 0.345. The summed E-state index contributed by atoms with van der Waals surface area (Å²) in [4.78, 5) is 2.41. The van der Waals surface area contributed by atoms with E-state index in [1.807, 2.05) is 18.8 Å². The molecular formula is C9H22N2S. The first-order chi connectivity index (χ1) is 5.81. The largest absolute Gasteiger partial charge is 0.320 e. The Hall–Kier alpha value is 0.270. The summed E-state index contributed by atoms with van der Waals surface area (Å²) in [6.07, 6.45) is 4.76. The molecule has 0 atom stereocenters. The van der Waals surface area contributed by atoms with Crippen molar-refractivity contribution < 1.29 is 0 Å². The summed E-state index contributed by atoms with van der Waals surface area (Å²) in [5, 5.41) is 3.16. The van der Waals surface area contributed by atoms with Gasteiger partial charge in [0.15, 0.2) is 0 Å². The fourth-order valence-electron chi connectivity index (χ4n) is 1.04. The summed E-state index contributed by atoms with van der Waals surface area (Å²) >= 11 is 1.92. The van der Waals surface area contributed by atoms with E-state index in [0.717, 1.165) is 6.54 Å². The second-order valence-corrected chi connectivity index (χ2v) is 4.09. The van der Waals surface area contributed by atoms with E-state index in [1.54, 1.807) is 0 Å². The lowest BCUT2D eigenvalue weighted by atomic mass is 10.3. The van der Waals surface area contributed by atoms with Crippen molar-refractivity contribution in [2.45, 2.75) is 12.8 Å². The van der Waals surface area contributed by atoms with Gasteiger partial charge in [-0.2, -0.15) is 11.8 Å². The highest BCUT2D eigenvalue weighted by atomic mass is 32.2. The molecule has 0 amide bonds. The summed E-state index contributed by atoms with van der Waals surface area (Å²) in [5.74, 6) is 1.25. The van der Waals surface area contributed by atoms with Crippen LogP contribution in [0.4, 0.5) is 0 Å². The van der Waals surface area contributed by atoms with Gasteiger partial charge in [-0.1, -0.05) is 0 Å². The Balaban J connectivity index is 3.02. The van der Waals surface area contributed by atoms with E-state index in [1.165, 1.54) is 31.7 Å². The van der Waals surface area contributed by atoms with Crippen LogP contribution < -0.4 is 5.32 Å². The second kappa shape index (κ2) is 9.36. The molecule has 0 aromatic carbocycles. The van der Waals surface area contributed by atoms with Crippen LogP contribution in [0.5, 0.6) is 0 Å². The SMILES string of the molecule is CNCCCCN(C)CCSC. The van der Waals surface area contributed by atoms with E-state index >= 15 is 0 Å². The second-order valence-electron chi connectivity index (χ2n) is 3.11. The maximum Gasteiger partial charge on any atom is 0.00692 e. The van der Waals surface area contributed by atoms with Gasteiger partial charge in [-0.25, -0.2) is 0 Å². The van der Waals surface area contributed by atoms with Crippen molar-refractivity contribution in [3.8, 4) is 0 Å². The van der Waals surface area contributed by atoms with Crippen LogP contribution in [-0.2, 0) is 0 Å². The lowest BCUT2D eigenvalue weighted by Gasteiger charge is -2.15. The highest BCUT2D eigenvalue weighted by Gasteiger charge is 1.95. The first-order valence-corrected chi connectivity index (χ1v) is 6.02. The average Bonchev–Trinajstić information content (AvgIpc) is 2.09. The number of hydrogen-bond acceptors (Lipinski definition) is 3. The first-order valence-electron chi connectivity index (χ1n) is 4.63. The van der Waals surface area contributed by atoms with Crippen molar-refractivity contribution in [1.82, 2.24) is 10.2 Å². The monoisotopic (exact) mass is 190 g/mol. The zero-order valence-corrected chi connectivity index (χ0v) is 9.41. The number of rotatable bonds is 8. The predicted molar refractivity (Wildman–Crippen MR) is 59.0 cm³/mol. The van der Waals surface area contributed by atoms with Gasteiger partial charge < -0.3 is 10.2 Å². The molecule has 0 saturated heterocycles. The molecule has 0 unspecified atom stereocenters. The predicted octanol–water partition coefficient (Wildman–Crippen LogP) is 1.28. The van der Waals surface area contributed by atoms with Crippen molar-refractivity contribution in [3.05, 3.63) is 0 Å². The van der Waals surface area contributed by atoms with E-state index in [4.69, 9.17) is 0 Å². The van der Waals surface area contributed by atoms with Crippen LogP contribution in [0.25, 0.3) is 0 Å². The number of hydrogen-bond donors (Lipinski definition) is 1. The Morgan fingerprint density at radius 2 is 2.00 bits per heavy atom. The zero-order valence-electron chi connectivity index (χ0n) is 8.60. The third-order valence-corrected chi connectivity index (χ3v) is 2.48. The Morgan fingerprint density at radius 3 is 2.58 bits per heavy atom. The smallest absolute Gasteiger partial charge is 0.00692 e. The molecule has 74 valence electrons. The molecule has 1 N–H and O–H groups in total. The van der Waals surface area contributed by atoms with Gasteiger partial charge in [0.25, 0.3) is 0 Å². The van der Waals surface area contributed by atoms with Crippen molar-refractivity contribution in [1.29, 1.82) is 0 Å². The Labute approximate surface area is 81.1 Å². The van der Waals surface area contributed by atoms with E-state index < -0.39 is 0 Å². The van der Waals surface area contributed by atoms with E-state index in [2.05, 4.69) is 23.5 Å². The van der Waals surface area contributed by atoms with Crippen molar-refractivity contribution >= 4 is 11.8 Å². The third kappa shape index (κ3) is 8.37. The van der Waals surface area contributed by atoms with Crippen LogP contribution in [0.3, 0.4) is 0 Å². The van der Waals surface area contributed by atoms with Crippen LogP contribution in [0.2, 0.25) is 0 Å². The van der Waals surface area contributed by atoms with E-state index in [9.17, 15) is 0 Å². The molecule has 0 spiro atoms. The van der Waals surface area contributed by atoms with Gasteiger partial charge in [-0.05, 0) is 46.3 Å². The molecule has 0 fully saturated rings. The summed E-state index contributed by atoms with van der Waals surface area (Å²) in [7, 11) is 4.22. The zero-order chi connectivity index (χ0) is 9.23. The van der Waals surface area contributed by atoms with Gasteiger partial charge in [0.1, 0.15) is 0 Å². The van der Waals surface area contributed by atoms with E-state index in [0.29, 0.717) is 0 Å². The summed E-state index contributed by atoms with van der Waals surface area (Å²) in [6.45, 7) is 3.61. The fourth-order valence-corrected chi connectivity index (χ4v) is 1.54. The lowest BCUT2D eigenvalue weighted by Crippen LogP contribution is -2.23. The van der Waals surface area contributed by atoms with Gasteiger partial charge in [0.2, 0.25) is 0 Å². The van der Waals surface area contributed by atoms with Gasteiger partial charge >= 0.3 is 0 Å². The van der Waals surface area contributed by atoms with Gasteiger partial charge in [-0.3, -0.25) is 0 Å². The van der Waals surface area contributed by atoms with Gasteiger partial charge in [0, 0.05) is 12.3 Å². The molecule has 0 aliphatic carbocycles. The molecule has 0 aliphatic heterocycles. The van der Waals surface area contributed by atoms with Crippen LogP contribution in [0, 0.1) is 0 Å². The Morgan fingerprint density at radius 1 is 1.25 bits per heavy atom. The minimum Gasteiger partial charge on any atom is -0.320 e. The number of unbranched alkanes of at least 4 members (excludes halogenated alkanes) is 1. The van der Waals surface area contributed by atoms with Crippen LogP contribution in [0.15, 0.2) is 0 Å². The van der Waals surface area contributed by atoms with Crippen LogP contribution in [0.1, 0.15) is 12.8 Å². The summed E-state index contributed by atoms with van der Waals surface area (Å²) < 4.78 is 0. The van der Waals surface area contributed by atoms with Crippen LogP contribution in [-0.4, -0.2) is 50.6 Å². The molecule has 12 heavy (non-hydrogen) atoms. The highest BCUT2D eigenvalue weighted by Crippen LogP contribution is 1.95. The molecule has 0 aromatic rings. The molecule has 0 bridgehead atoms. The van der Waals surface area contributed by atoms with Crippen molar-refractivity contribution in [2.24, 2.45) is 0 Å². The molecule has 0 radical (unpaired) electrons. The van der Waals surface area contributed by atoms with Crippen LogP contribution >= 0.6 is 11.8 Å². The average molecular weight is 190 g/mol. The third-order valence-electron chi connectivity index (χ3n) is 1.89. The Kier molecular flexibility index (Phi) is 9.57. The molecule has 0 heterocycles. The Bertz CT molecular complexity index is 88.6. The molecule has 0 aromatic heterocycles. The number of nitrogens with one attached hydrogen (secondary N) is 1. The summed E-state index contributed by atoms with van der Waals surface area (Å²) in [5.41, 5.74) is 0. The normalized spacial score (nSPS) is 11.0. The number of nitrogens with zero attached hydrogens (tertiary/aromatic N) is 1. The van der Waals surface area contributed by atoms with Crippen molar-refractivity contribution in [3.63, 3.8) is 0 Å². The highest BCUT2D eigenvalue weighted by molar-refractivity contribution is 7.98. The van der Waals surface area contributed by atoms with Gasteiger partial charge in [0.05, 0.1) is 0 Å². The molecule has 2 nitrogen and oxygen atoms in total. The molecule has 0 rings (SSSR count). The number of thioether (sulfide) groups is 1. The fraction of sp³-hybridized carbons (Fsp3) is 1.00. The topological polar surface area (TPSA) is 15.3 Å². The van der Waals surface area contributed by atoms with Crippen molar-refractivity contribution in [2.75, 3.05) is 45.7 Å². The van der Waals surface area contributed by atoms with Gasteiger partial charge in [-0.15, -0.1) is 0 Å². The molecule has 3 heteroatoms. The minimum absolute atomic E-state index is 1.15. The molecule has 0 saturated carbocycles. The molecular weight excluding hydrogens is 168 g/mol. The maximum atomic E-state index is 3.16. The summed E-state index contributed by atoms with van der Waals surface area (Å²) in [6, 6.07) is 0. The van der Waals surface area contributed by atoms with E-state index in [-0.39, 0.29) is 0 Å². The molecule has 0 aliphatic rings. The quantitative estimate of drug-likeness (QED) is 0.581. The standard InChI is InChI=1S/C9H22N2S/c1-10-6-4-5-7-11(2)8-9-12-3/h10H,4-9H2,1-3H3. The minimum atomic E-state index is 1.15. The maximum absolute atomic E-state index is 3.16. The first kappa shape index (κ1) is 12.3.